The van der Waals surface area contributed by atoms with Gasteiger partial charge in [-0.05, 0) is 56.0 Å². The van der Waals surface area contributed by atoms with E-state index in [1.165, 1.54) is 11.1 Å². The molecule has 128 valence electrons. The highest BCUT2D eigenvalue weighted by atomic mass is 35.5. The van der Waals surface area contributed by atoms with Gasteiger partial charge in [0.15, 0.2) is 0 Å². The molecule has 1 N–H and O–H groups in total. The van der Waals surface area contributed by atoms with Crippen molar-refractivity contribution >= 4 is 29.3 Å². The fraction of sp³-hybridized carbons (Fsp3) is 0.350. The summed E-state index contributed by atoms with van der Waals surface area (Å²) in [5.41, 5.74) is 2.59. The molecule has 2 aromatic rings. The summed E-state index contributed by atoms with van der Waals surface area (Å²) in [6, 6.07) is 16.2. The van der Waals surface area contributed by atoms with Crippen LogP contribution < -0.4 is 5.32 Å². The summed E-state index contributed by atoms with van der Waals surface area (Å²) in [6.45, 7) is 4.84. The molecule has 4 heteroatoms. The lowest BCUT2D eigenvalue weighted by Crippen LogP contribution is -2.33. The number of halogens is 1. The predicted molar refractivity (Wildman–Crippen MR) is 104 cm³/mol. The van der Waals surface area contributed by atoms with Crippen LogP contribution >= 0.6 is 23.4 Å². The Kier molecular flexibility index (Phi) is 7.67. The molecule has 0 aliphatic carbocycles. The van der Waals surface area contributed by atoms with Gasteiger partial charge in [-0.1, -0.05) is 48.4 Å². The van der Waals surface area contributed by atoms with Crippen LogP contribution in [0, 0.1) is 6.92 Å². The number of nitrogens with one attached hydrogen (secondary N) is 1. The van der Waals surface area contributed by atoms with Crippen molar-refractivity contribution in [3.8, 4) is 0 Å². The number of carbonyl (C=O) groups excluding carboxylic acids is 1. The van der Waals surface area contributed by atoms with Gasteiger partial charge in [-0.3, -0.25) is 4.79 Å². The molecule has 0 radical (unpaired) electrons. The lowest BCUT2D eigenvalue weighted by atomic mass is 10.1. The Morgan fingerprint density at radius 2 is 1.79 bits per heavy atom. The summed E-state index contributed by atoms with van der Waals surface area (Å²) < 4.78 is 0. The van der Waals surface area contributed by atoms with Gasteiger partial charge in [0.25, 0.3) is 0 Å². The number of benzene rings is 2. The van der Waals surface area contributed by atoms with Crippen LogP contribution in [0.15, 0.2) is 53.4 Å². The van der Waals surface area contributed by atoms with Gasteiger partial charge in [-0.15, -0.1) is 11.8 Å². The molecular formula is C20H24ClNOS. The number of aryl methyl sites for hydroxylation is 2. The summed E-state index contributed by atoms with van der Waals surface area (Å²) >= 11 is 7.49. The van der Waals surface area contributed by atoms with Crippen LogP contribution in [0.3, 0.4) is 0 Å². The van der Waals surface area contributed by atoms with E-state index in [-0.39, 0.29) is 11.2 Å². The SMILES string of the molecule is CCC(Sc1ccc(Cl)cc1)C(=O)NCCCc1ccc(C)cc1. The molecule has 0 bridgehead atoms. The van der Waals surface area contributed by atoms with Gasteiger partial charge in [0.1, 0.15) is 0 Å². The largest absolute Gasteiger partial charge is 0.355 e. The van der Waals surface area contributed by atoms with Gasteiger partial charge >= 0.3 is 0 Å². The van der Waals surface area contributed by atoms with Crippen LogP contribution in [-0.2, 0) is 11.2 Å². The van der Waals surface area contributed by atoms with Gasteiger partial charge in [0.05, 0.1) is 5.25 Å². The maximum absolute atomic E-state index is 12.3. The molecule has 1 unspecified atom stereocenters. The topological polar surface area (TPSA) is 29.1 Å². The maximum atomic E-state index is 12.3. The van der Waals surface area contributed by atoms with Crippen LogP contribution in [0.4, 0.5) is 0 Å². The first-order valence-electron chi connectivity index (χ1n) is 8.34. The summed E-state index contributed by atoms with van der Waals surface area (Å²) in [5.74, 6) is 0.112. The van der Waals surface area contributed by atoms with Crippen LogP contribution in [0.1, 0.15) is 30.9 Å². The zero-order valence-electron chi connectivity index (χ0n) is 14.2. The second-order valence-electron chi connectivity index (χ2n) is 5.85. The fourth-order valence-electron chi connectivity index (χ4n) is 2.37. The molecule has 1 atom stereocenters. The van der Waals surface area contributed by atoms with Crippen molar-refractivity contribution in [2.24, 2.45) is 0 Å². The van der Waals surface area contributed by atoms with Crippen molar-refractivity contribution < 1.29 is 4.79 Å². The van der Waals surface area contributed by atoms with Crippen LogP contribution in [0.2, 0.25) is 5.02 Å². The van der Waals surface area contributed by atoms with Crippen molar-refractivity contribution in [3.05, 3.63) is 64.7 Å². The van der Waals surface area contributed by atoms with E-state index in [9.17, 15) is 4.79 Å². The molecule has 2 aromatic carbocycles. The van der Waals surface area contributed by atoms with Crippen molar-refractivity contribution in [1.82, 2.24) is 5.32 Å². The molecule has 0 aromatic heterocycles. The first-order valence-corrected chi connectivity index (χ1v) is 9.59. The fourth-order valence-corrected chi connectivity index (χ4v) is 3.48. The first-order chi connectivity index (χ1) is 11.6. The van der Waals surface area contributed by atoms with Gasteiger partial charge in [-0.25, -0.2) is 0 Å². The predicted octanol–water partition coefficient (Wildman–Crippen LogP) is 5.27. The standard InChI is InChI=1S/C20H24ClNOS/c1-3-19(24-18-12-10-17(21)11-13-18)20(23)22-14-4-5-16-8-6-15(2)7-9-16/h6-13,19H,3-5,14H2,1-2H3,(H,22,23). The van der Waals surface area contributed by atoms with Gasteiger partial charge < -0.3 is 5.32 Å². The average molecular weight is 362 g/mol. The Labute approximate surface area is 154 Å². The molecule has 2 rings (SSSR count). The van der Waals surface area contributed by atoms with Crippen molar-refractivity contribution in [3.63, 3.8) is 0 Å². The van der Waals surface area contributed by atoms with E-state index in [1.54, 1.807) is 11.8 Å². The molecule has 0 aliphatic rings. The van der Waals surface area contributed by atoms with Crippen molar-refractivity contribution in [2.45, 2.75) is 43.3 Å². The third kappa shape index (κ3) is 6.21. The summed E-state index contributed by atoms with van der Waals surface area (Å²) in [7, 11) is 0. The zero-order valence-corrected chi connectivity index (χ0v) is 15.8. The third-order valence-corrected chi connectivity index (χ3v) is 5.45. The molecule has 0 heterocycles. The molecule has 0 fully saturated rings. The second kappa shape index (κ2) is 9.75. The molecule has 0 spiro atoms. The van der Waals surface area contributed by atoms with Gasteiger partial charge in [-0.2, -0.15) is 0 Å². The normalized spacial score (nSPS) is 12.0. The number of hydrogen-bond acceptors (Lipinski definition) is 2. The Hall–Kier alpha value is -1.45. The highest BCUT2D eigenvalue weighted by Crippen LogP contribution is 2.26. The minimum atomic E-state index is -0.0643. The summed E-state index contributed by atoms with van der Waals surface area (Å²) in [5, 5.41) is 3.71. The van der Waals surface area contributed by atoms with Crippen molar-refractivity contribution in [2.75, 3.05) is 6.54 Å². The smallest absolute Gasteiger partial charge is 0.233 e. The monoisotopic (exact) mass is 361 g/mol. The first kappa shape index (κ1) is 18.9. The van der Waals surface area contributed by atoms with E-state index in [1.807, 2.05) is 31.2 Å². The molecule has 2 nitrogen and oxygen atoms in total. The number of rotatable bonds is 8. The van der Waals surface area contributed by atoms with Crippen LogP contribution in [-0.4, -0.2) is 17.7 Å². The van der Waals surface area contributed by atoms with E-state index < -0.39 is 0 Å². The Balaban J connectivity index is 1.75. The zero-order chi connectivity index (χ0) is 17.4. The van der Waals surface area contributed by atoms with E-state index >= 15 is 0 Å². The number of amides is 1. The Morgan fingerprint density at radius 1 is 1.12 bits per heavy atom. The van der Waals surface area contributed by atoms with E-state index in [0.29, 0.717) is 11.6 Å². The quantitative estimate of drug-likeness (QED) is 0.512. The molecule has 0 aliphatic heterocycles. The maximum Gasteiger partial charge on any atom is 0.233 e. The van der Waals surface area contributed by atoms with E-state index in [4.69, 9.17) is 11.6 Å². The van der Waals surface area contributed by atoms with Crippen molar-refractivity contribution in [1.29, 1.82) is 0 Å². The Bertz CT molecular complexity index is 640. The van der Waals surface area contributed by atoms with Crippen LogP contribution in [0.5, 0.6) is 0 Å². The molecular weight excluding hydrogens is 338 g/mol. The molecule has 24 heavy (non-hydrogen) atoms. The van der Waals surface area contributed by atoms with Crippen LogP contribution in [0.25, 0.3) is 0 Å². The number of carbonyl (C=O) groups is 1. The van der Waals surface area contributed by atoms with E-state index in [0.717, 1.165) is 24.2 Å². The highest BCUT2D eigenvalue weighted by Gasteiger charge is 2.17. The van der Waals surface area contributed by atoms with Gasteiger partial charge in [0, 0.05) is 16.5 Å². The lowest BCUT2D eigenvalue weighted by Gasteiger charge is -2.15. The third-order valence-electron chi connectivity index (χ3n) is 3.82. The number of thioether (sulfide) groups is 1. The highest BCUT2D eigenvalue weighted by molar-refractivity contribution is 8.00. The number of hydrogen-bond donors (Lipinski definition) is 1. The Morgan fingerprint density at radius 3 is 2.42 bits per heavy atom. The van der Waals surface area contributed by atoms with Gasteiger partial charge in [0.2, 0.25) is 5.91 Å². The minimum absolute atomic E-state index is 0.0643. The average Bonchev–Trinajstić information content (AvgIpc) is 2.59. The van der Waals surface area contributed by atoms with E-state index in [2.05, 4.69) is 36.5 Å². The molecule has 0 saturated heterocycles. The molecule has 0 saturated carbocycles. The molecule has 1 amide bonds. The summed E-state index contributed by atoms with van der Waals surface area (Å²) in [4.78, 5) is 13.4. The lowest BCUT2D eigenvalue weighted by molar-refractivity contribution is -0.120. The summed E-state index contributed by atoms with van der Waals surface area (Å²) in [6.07, 6.45) is 2.75. The minimum Gasteiger partial charge on any atom is -0.355 e. The second-order valence-corrected chi connectivity index (χ2v) is 7.56.